The minimum atomic E-state index is -0.657. The Balaban J connectivity index is 1.90. The average molecular weight is 437 g/mol. The number of amides is 1. The van der Waals surface area contributed by atoms with Gasteiger partial charge in [-0.1, -0.05) is 15.9 Å². The molecule has 9 heteroatoms. The van der Waals surface area contributed by atoms with Gasteiger partial charge in [0.1, 0.15) is 17.0 Å². The average Bonchev–Trinajstić information content (AvgIpc) is 2.94. The Morgan fingerprint density at radius 3 is 2.78 bits per heavy atom. The van der Waals surface area contributed by atoms with Crippen molar-refractivity contribution >= 4 is 39.3 Å². The molecule has 2 N–H and O–H groups in total. The van der Waals surface area contributed by atoms with Crippen molar-refractivity contribution in [3.63, 3.8) is 0 Å². The van der Waals surface area contributed by atoms with Gasteiger partial charge in [0.25, 0.3) is 5.91 Å². The SMILES string of the molecule is CC(C)(C)OC(=O)n1cc(C(=O)N2CCCOc3cc(Br)cc(N)c32)cn1. The highest BCUT2D eigenvalue weighted by atomic mass is 79.9. The van der Waals surface area contributed by atoms with Crippen molar-refractivity contribution in [2.24, 2.45) is 0 Å². The topological polar surface area (TPSA) is 99.7 Å². The molecule has 0 saturated carbocycles. The first-order valence-electron chi connectivity index (χ1n) is 8.47. The van der Waals surface area contributed by atoms with Crippen LogP contribution in [0, 0.1) is 0 Å². The molecule has 8 nitrogen and oxygen atoms in total. The molecule has 0 spiro atoms. The maximum atomic E-state index is 13.1. The molecular weight excluding hydrogens is 416 g/mol. The fourth-order valence-electron chi connectivity index (χ4n) is 2.71. The summed E-state index contributed by atoms with van der Waals surface area (Å²) in [5, 5.41) is 3.96. The molecule has 1 amide bonds. The lowest BCUT2D eigenvalue weighted by Crippen LogP contribution is -2.32. The van der Waals surface area contributed by atoms with Crippen LogP contribution in [0.5, 0.6) is 5.75 Å². The van der Waals surface area contributed by atoms with Crippen LogP contribution >= 0.6 is 15.9 Å². The number of aromatic nitrogens is 2. The third-order valence-electron chi connectivity index (χ3n) is 3.78. The predicted molar refractivity (Wildman–Crippen MR) is 104 cm³/mol. The van der Waals surface area contributed by atoms with Crippen LogP contribution in [-0.2, 0) is 4.74 Å². The number of benzene rings is 1. The quantitative estimate of drug-likeness (QED) is 0.687. The van der Waals surface area contributed by atoms with Gasteiger partial charge in [0.05, 0.1) is 30.3 Å². The smallest absolute Gasteiger partial charge is 0.435 e. The zero-order valence-corrected chi connectivity index (χ0v) is 16.9. The molecular formula is C18H21BrN4O4. The van der Waals surface area contributed by atoms with Crippen LogP contribution in [0.15, 0.2) is 29.0 Å². The highest BCUT2D eigenvalue weighted by molar-refractivity contribution is 9.10. The summed E-state index contributed by atoms with van der Waals surface area (Å²) in [6, 6.07) is 3.50. The lowest BCUT2D eigenvalue weighted by molar-refractivity contribution is 0.0514. The number of carbonyl (C=O) groups excluding carboxylic acids is 2. The number of rotatable bonds is 1. The number of hydrogen-bond acceptors (Lipinski definition) is 6. The van der Waals surface area contributed by atoms with E-state index < -0.39 is 11.7 Å². The van der Waals surface area contributed by atoms with Gasteiger partial charge in [-0.25, -0.2) is 4.79 Å². The largest absolute Gasteiger partial charge is 0.491 e. The Morgan fingerprint density at radius 1 is 1.33 bits per heavy atom. The van der Waals surface area contributed by atoms with E-state index in [9.17, 15) is 9.59 Å². The van der Waals surface area contributed by atoms with E-state index in [0.717, 1.165) is 9.15 Å². The standard InChI is InChI=1S/C18H21BrN4O4/c1-18(2,3)27-17(25)23-10-11(9-21-23)16(24)22-5-4-6-26-14-8-12(19)7-13(20)15(14)22/h7-10H,4-6,20H2,1-3H3. The van der Waals surface area contributed by atoms with Crippen molar-refractivity contribution in [2.45, 2.75) is 32.8 Å². The molecule has 0 fully saturated rings. The maximum Gasteiger partial charge on any atom is 0.435 e. The first kappa shape index (κ1) is 19.2. The number of halogens is 1. The maximum absolute atomic E-state index is 13.1. The van der Waals surface area contributed by atoms with Gasteiger partial charge in [-0.15, -0.1) is 0 Å². The third-order valence-corrected chi connectivity index (χ3v) is 4.24. The Kier molecular flexibility index (Phi) is 5.14. The molecule has 27 heavy (non-hydrogen) atoms. The molecule has 0 bridgehead atoms. The lowest BCUT2D eigenvalue weighted by atomic mass is 10.2. The van der Waals surface area contributed by atoms with Crippen molar-refractivity contribution in [3.05, 3.63) is 34.6 Å². The second-order valence-corrected chi connectivity index (χ2v) is 8.07. The van der Waals surface area contributed by atoms with E-state index in [1.807, 2.05) is 0 Å². The van der Waals surface area contributed by atoms with Gasteiger partial charge in [0.2, 0.25) is 0 Å². The minimum Gasteiger partial charge on any atom is -0.491 e. The van der Waals surface area contributed by atoms with Gasteiger partial charge in [-0.2, -0.15) is 9.78 Å². The third kappa shape index (κ3) is 4.24. The van der Waals surface area contributed by atoms with Crippen LogP contribution in [0.1, 0.15) is 37.6 Å². The van der Waals surface area contributed by atoms with Crippen LogP contribution in [0.4, 0.5) is 16.2 Å². The van der Waals surface area contributed by atoms with Crippen LogP contribution in [0.2, 0.25) is 0 Å². The van der Waals surface area contributed by atoms with E-state index >= 15 is 0 Å². The number of nitrogens with zero attached hydrogens (tertiary/aromatic N) is 3. The van der Waals surface area contributed by atoms with E-state index in [4.69, 9.17) is 15.2 Å². The number of fused-ring (bicyclic) bond motifs is 1. The van der Waals surface area contributed by atoms with Gasteiger partial charge in [0, 0.05) is 11.0 Å². The van der Waals surface area contributed by atoms with Crippen LogP contribution in [-0.4, -0.2) is 40.5 Å². The van der Waals surface area contributed by atoms with Crippen LogP contribution in [0.3, 0.4) is 0 Å². The van der Waals surface area contributed by atoms with Gasteiger partial charge in [0.15, 0.2) is 0 Å². The molecule has 1 aromatic carbocycles. The van der Waals surface area contributed by atoms with Crippen molar-refractivity contribution in [3.8, 4) is 5.75 Å². The Morgan fingerprint density at radius 2 is 2.07 bits per heavy atom. The second-order valence-electron chi connectivity index (χ2n) is 7.15. The highest BCUT2D eigenvalue weighted by Crippen LogP contribution is 2.39. The molecule has 1 aliphatic heterocycles. The summed E-state index contributed by atoms with van der Waals surface area (Å²) >= 11 is 3.38. The first-order chi connectivity index (χ1) is 12.7. The Bertz CT molecular complexity index is 888. The van der Waals surface area contributed by atoms with Gasteiger partial charge in [-0.3, -0.25) is 4.79 Å². The van der Waals surface area contributed by atoms with Crippen molar-refractivity contribution in [2.75, 3.05) is 23.8 Å². The normalized spacial score (nSPS) is 14.1. The molecule has 1 aromatic heterocycles. The first-order valence-corrected chi connectivity index (χ1v) is 9.27. The fourth-order valence-corrected chi connectivity index (χ4v) is 3.17. The summed E-state index contributed by atoms with van der Waals surface area (Å²) in [5.74, 6) is 0.220. The number of nitrogens with two attached hydrogens (primary N) is 1. The lowest BCUT2D eigenvalue weighted by Gasteiger charge is -2.23. The van der Waals surface area contributed by atoms with Gasteiger partial charge in [-0.05, 0) is 39.3 Å². The predicted octanol–water partition coefficient (Wildman–Crippen LogP) is 3.44. The molecule has 0 saturated heterocycles. The number of anilines is 2. The van der Waals surface area contributed by atoms with Gasteiger partial charge < -0.3 is 20.1 Å². The van der Waals surface area contributed by atoms with E-state index in [1.54, 1.807) is 37.8 Å². The van der Waals surface area contributed by atoms with E-state index in [2.05, 4.69) is 21.0 Å². The molecule has 144 valence electrons. The summed E-state index contributed by atoms with van der Waals surface area (Å²) in [4.78, 5) is 26.8. The van der Waals surface area contributed by atoms with E-state index in [1.165, 1.54) is 12.4 Å². The summed E-state index contributed by atoms with van der Waals surface area (Å²) in [7, 11) is 0. The molecule has 1 aliphatic rings. The van der Waals surface area contributed by atoms with Crippen molar-refractivity contribution < 1.29 is 19.1 Å². The van der Waals surface area contributed by atoms with E-state index in [0.29, 0.717) is 36.7 Å². The summed E-state index contributed by atoms with van der Waals surface area (Å²) in [6.07, 6.45) is 2.70. The molecule has 0 aliphatic carbocycles. The zero-order chi connectivity index (χ0) is 19.8. The monoisotopic (exact) mass is 436 g/mol. The minimum absolute atomic E-state index is 0.260. The molecule has 2 heterocycles. The van der Waals surface area contributed by atoms with E-state index in [-0.39, 0.29) is 11.5 Å². The Labute approximate surface area is 165 Å². The van der Waals surface area contributed by atoms with Gasteiger partial charge >= 0.3 is 6.09 Å². The van der Waals surface area contributed by atoms with Crippen molar-refractivity contribution in [1.29, 1.82) is 0 Å². The van der Waals surface area contributed by atoms with Crippen LogP contribution < -0.4 is 15.4 Å². The molecule has 2 aromatic rings. The molecule has 0 unspecified atom stereocenters. The summed E-state index contributed by atoms with van der Waals surface area (Å²) < 4.78 is 12.8. The highest BCUT2D eigenvalue weighted by Gasteiger charge is 2.28. The van der Waals surface area contributed by atoms with Crippen molar-refractivity contribution in [1.82, 2.24) is 9.78 Å². The number of nitrogen functional groups attached to an aromatic ring is 1. The second kappa shape index (κ2) is 7.22. The molecule has 0 atom stereocenters. The molecule has 0 radical (unpaired) electrons. The van der Waals surface area contributed by atoms with Crippen LogP contribution in [0.25, 0.3) is 0 Å². The Hall–Kier alpha value is -2.55. The fraction of sp³-hybridized carbons (Fsp3) is 0.389. The number of hydrogen-bond donors (Lipinski definition) is 1. The number of carbonyl (C=O) groups is 2. The summed E-state index contributed by atoms with van der Waals surface area (Å²) in [5.41, 5.74) is 6.69. The zero-order valence-electron chi connectivity index (χ0n) is 15.4. The molecule has 3 rings (SSSR count). The summed E-state index contributed by atoms with van der Waals surface area (Å²) in [6.45, 7) is 6.19. The number of ether oxygens (including phenoxy) is 2.